The zero-order chi connectivity index (χ0) is 18.1. The molecule has 0 amide bonds. The van der Waals surface area contributed by atoms with Crippen LogP contribution in [0, 0.1) is 0 Å². The van der Waals surface area contributed by atoms with Crippen molar-refractivity contribution in [1.82, 2.24) is 9.88 Å². The normalized spacial score (nSPS) is 14.7. The predicted molar refractivity (Wildman–Crippen MR) is 101 cm³/mol. The smallest absolute Gasteiger partial charge is 0.414 e. The van der Waals surface area contributed by atoms with Crippen LogP contribution in [0.15, 0.2) is 28.6 Å². The summed E-state index contributed by atoms with van der Waals surface area (Å²) in [6.45, 7) is 3.88. The molecule has 0 saturated carbocycles. The minimum Gasteiger partial charge on any atom is -0.473 e. The second-order valence-electron chi connectivity index (χ2n) is 5.66. The number of carbonyl (C=O) groups is 2. The van der Waals surface area contributed by atoms with Crippen LogP contribution in [-0.4, -0.2) is 57.4 Å². The molecule has 2 heterocycles. The molecule has 136 valence electrons. The monoisotopic (exact) mass is 382 g/mol. The van der Waals surface area contributed by atoms with E-state index in [9.17, 15) is 0 Å². The van der Waals surface area contributed by atoms with E-state index < -0.39 is 11.9 Å². The highest BCUT2D eigenvalue weighted by molar-refractivity contribution is 8.01. The molecule has 0 bridgehead atoms. The first kappa shape index (κ1) is 19.7. The molecule has 1 aliphatic rings. The van der Waals surface area contributed by atoms with Crippen molar-refractivity contribution in [2.45, 2.75) is 30.0 Å². The van der Waals surface area contributed by atoms with Crippen LogP contribution in [0.4, 0.5) is 0 Å². The first-order valence-electron chi connectivity index (χ1n) is 8.23. The molecular formula is C17H22N2O4S2. The highest BCUT2D eigenvalue weighted by Gasteiger charge is 2.09. The van der Waals surface area contributed by atoms with Crippen molar-refractivity contribution in [2.75, 3.05) is 25.4 Å². The number of aromatic nitrogens is 1. The van der Waals surface area contributed by atoms with Crippen LogP contribution in [-0.2, 0) is 9.59 Å². The minimum atomic E-state index is -1.82. The Bertz CT molecular complexity index is 654. The number of aliphatic carboxylic acids is 2. The Kier molecular flexibility index (Phi) is 8.17. The third-order valence-electron chi connectivity index (χ3n) is 3.75. The van der Waals surface area contributed by atoms with Gasteiger partial charge in [0.2, 0.25) is 0 Å². The Morgan fingerprint density at radius 2 is 1.80 bits per heavy atom. The van der Waals surface area contributed by atoms with Crippen molar-refractivity contribution >= 4 is 45.3 Å². The summed E-state index contributed by atoms with van der Waals surface area (Å²) in [5, 5.41) is 14.8. The fourth-order valence-corrected chi connectivity index (χ4v) is 4.61. The molecule has 2 N–H and O–H groups in total. The SMILES string of the molecule is O=C(O)C(=O)O.c1ccc2sc(SCCCN3CCCCC3)nc2c1. The first-order chi connectivity index (χ1) is 12.1. The topological polar surface area (TPSA) is 90.7 Å². The number of likely N-dealkylation sites (tertiary alicyclic amines) is 1. The first-order valence-corrected chi connectivity index (χ1v) is 10.0. The highest BCUT2D eigenvalue weighted by atomic mass is 32.2. The fourth-order valence-electron chi connectivity index (χ4n) is 2.54. The van der Waals surface area contributed by atoms with Gasteiger partial charge in [0, 0.05) is 5.75 Å². The van der Waals surface area contributed by atoms with Gasteiger partial charge in [-0.3, -0.25) is 0 Å². The Morgan fingerprint density at radius 3 is 2.44 bits per heavy atom. The Hall–Kier alpha value is -1.64. The van der Waals surface area contributed by atoms with E-state index in [0.717, 1.165) is 5.52 Å². The van der Waals surface area contributed by atoms with Gasteiger partial charge >= 0.3 is 11.9 Å². The van der Waals surface area contributed by atoms with E-state index >= 15 is 0 Å². The summed E-state index contributed by atoms with van der Waals surface area (Å²) < 4.78 is 2.53. The molecular weight excluding hydrogens is 360 g/mol. The molecule has 0 unspecified atom stereocenters. The summed E-state index contributed by atoms with van der Waals surface area (Å²) in [7, 11) is 0. The number of thiazole rings is 1. The Labute approximate surface area is 154 Å². The highest BCUT2D eigenvalue weighted by Crippen LogP contribution is 2.29. The third-order valence-corrected chi connectivity index (χ3v) is 6.02. The molecule has 8 heteroatoms. The maximum atomic E-state index is 9.10. The maximum absolute atomic E-state index is 9.10. The van der Waals surface area contributed by atoms with E-state index in [0.29, 0.717) is 0 Å². The van der Waals surface area contributed by atoms with Crippen LogP contribution in [0.25, 0.3) is 10.2 Å². The molecule has 25 heavy (non-hydrogen) atoms. The van der Waals surface area contributed by atoms with E-state index in [1.54, 1.807) is 0 Å². The van der Waals surface area contributed by atoms with Gasteiger partial charge in [-0.2, -0.15) is 0 Å². The number of para-hydroxylation sites is 1. The zero-order valence-electron chi connectivity index (χ0n) is 13.9. The quantitative estimate of drug-likeness (QED) is 0.465. The molecule has 2 aromatic rings. The maximum Gasteiger partial charge on any atom is 0.414 e. The lowest BCUT2D eigenvalue weighted by Crippen LogP contribution is -2.30. The molecule has 1 fully saturated rings. The van der Waals surface area contributed by atoms with Gasteiger partial charge in [0.1, 0.15) is 0 Å². The summed E-state index contributed by atoms with van der Waals surface area (Å²) in [4.78, 5) is 25.5. The summed E-state index contributed by atoms with van der Waals surface area (Å²) in [6, 6.07) is 8.41. The number of carboxylic acids is 2. The number of nitrogens with zero attached hydrogens (tertiary/aromatic N) is 2. The Balaban J connectivity index is 0.000000326. The number of piperidine rings is 1. The molecule has 0 atom stereocenters. The summed E-state index contributed by atoms with van der Waals surface area (Å²) in [5.41, 5.74) is 1.14. The van der Waals surface area contributed by atoms with E-state index in [1.165, 1.54) is 60.1 Å². The van der Waals surface area contributed by atoms with E-state index in [1.807, 2.05) is 23.1 Å². The minimum absolute atomic E-state index is 1.14. The van der Waals surface area contributed by atoms with Gasteiger partial charge in [-0.1, -0.05) is 30.3 Å². The zero-order valence-corrected chi connectivity index (χ0v) is 15.5. The number of hydrogen-bond acceptors (Lipinski definition) is 6. The van der Waals surface area contributed by atoms with E-state index in [-0.39, 0.29) is 0 Å². The summed E-state index contributed by atoms with van der Waals surface area (Å²) in [6.07, 6.45) is 5.49. The van der Waals surface area contributed by atoms with Gasteiger partial charge < -0.3 is 15.1 Å². The van der Waals surface area contributed by atoms with Crippen molar-refractivity contribution in [1.29, 1.82) is 0 Å². The molecule has 1 aromatic heterocycles. The van der Waals surface area contributed by atoms with Crippen molar-refractivity contribution < 1.29 is 19.8 Å². The molecule has 3 rings (SSSR count). The van der Waals surface area contributed by atoms with Crippen molar-refractivity contribution in [2.24, 2.45) is 0 Å². The lowest BCUT2D eigenvalue weighted by Gasteiger charge is -2.26. The average molecular weight is 383 g/mol. The van der Waals surface area contributed by atoms with Crippen LogP contribution < -0.4 is 0 Å². The molecule has 1 aliphatic heterocycles. The van der Waals surface area contributed by atoms with Crippen LogP contribution in [0.5, 0.6) is 0 Å². The van der Waals surface area contributed by atoms with Crippen LogP contribution in [0.3, 0.4) is 0 Å². The Morgan fingerprint density at radius 1 is 1.12 bits per heavy atom. The number of hydrogen-bond donors (Lipinski definition) is 2. The van der Waals surface area contributed by atoms with Crippen LogP contribution in [0.1, 0.15) is 25.7 Å². The largest absolute Gasteiger partial charge is 0.473 e. The van der Waals surface area contributed by atoms with Gasteiger partial charge in [-0.05, 0) is 51.0 Å². The lowest BCUT2D eigenvalue weighted by atomic mass is 10.1. The molecule has 1 saturated heterocycles. The van der Waals surface area contributed by atoms with Gasteiger partial charge in [0.05, 0.1) is 10.2 Å². The molecule has 6 nitrogen and oxygen atoms in total. The van der Waals surface area contributed by atoms with Gasteiger partial charge in [-0.25, -0.2) is 14.6 Å². The fraction of sp³-hybridized carbons (Fsp3) is 0.471. The van der Waals surface area contributed by atoms with E-state index in [4.69, 9.17) is 19.8 Å². The number of fused-ring (bicyclic) bond motifs is 1. The second-order valence-corrected chi connectivity index (χ2v) is 8.03. The van der Waals surface area contributed by atoms with E-state index in [2.05, 4.69) is 34.1 Å². The van der Waals surface area contributed by atoms with Gasteiger partial charge in [0.15, 0.2) is 4.34 Å². The standard InChI is InChI=1S/C15H20N2S2.C2H2O4/c1-4-9-17(10-5-1)11-6-12-18-15-16-13-7-2-3-8-14(13)19-15;3-1(4)2(5)6/h2-3,7-8H,1,4-6,9-12H2;(H,3,4)(H,5,6). The van der Waals surface area contributed by atoms with Gasteiger partial charge in [0.25, 0.3) is 0 Å². The second kappa shape index (κ2) is 10.4. The van der Waals surface area contributed by atoms with Crippen LogP contribution in [0.2, 0.25) is 0 Å². The molecule has 0 aliphatic carbocycles. The number of carboxylic acid groups (broad SMARTS) is 2. The average Bonchev–Trinajstić information content (AvgIpc) is 3.03. The van der Waals surface area contributed by atoms with Crippen LogP contribution >= 0.6 is 23.1 Å². The number of thioether (sulfide) groups is 1. The van der Waals surface area contributed by atoms with Crippen molar-refractivity contribution in [3.05, 3.63) is 24.3 Å². The third kappa shape index (κ3) is 7.01. The van der Waals surface area contributed by atoms with Crippen molar-refractivity contribution in [3.63, 3.8) is 0 Å². The lowest BCUT2D eigenvalue weighted by molar-refractivity contribution is -0.159. The van der Waals surface area contributed by atoms with Gasteiger partial charge in [-0.15, -0.1) is 11.3 Å². The molecule has 0 spiro atoms. The predicted octanol–water partition coefficient (Wildman–Crippen LogP) is 3.42. The number of rotatable bonds is 5. The summed E-state index contributed by atoms with van der Waals surface area (Å²) >= 11 is 3.74. The van der Waals surface area contributed by atoms with Crippen molar-refractivity contribution in [3.8, 4) is 0 Å². The number of benzene rings is 1. The molecule has 1 aromatic carbocycles. The molecule has 0 radical (unpaired) electrons. The summed E-state index contributed by atoms with van der Waals surface area (Å²) in [5.74, 6) is -2.46.